The van der Waals surface area contributed by atoms with Gasteiger partial charge in [0.2, 0.25) is 0 Å². The van der Waals surface area contributed by atoms with Gasteiger partial charge in [-0.1, -0.05) is 54.6 Å². The molecule has 0 bridgehead atoms. The van der Waals surface area contributed by atoms with E-state index in [1.165, 1.54) is 29.5 Å². The number of benzene rings is 2. The Balaban J connectivity index is 1.76. The van der Waals surface area contributed by atoms with E-state index in [9.17, 15) is 0 Å². The molecule has 1 N–H and O–H groups in total. The first-order valence-electron chi connectivity index (χ1n) is 6.74. The minimum Gasteiger partial charge on any atom is -0.307 e. The second-order valence-corrected chi connectivity index (χ2v) is 5.15. The lowest BCUT2D eigenvalue weighted by molar-refractivity contribution is 0.571. The summed E-state index contributed by atoms with van der Waals surface area (Å²) in [6, 6.07) is 20.7. The molecule has 18 heavy (non-hydrogen) atoms. The summed E-state index contributed by atoms with van der Waals surface area (Å²) in [5.41, 5.74) is 3.95. The molecule has 0 heterocycles. The van der Waals surface area contributed by atoms with Crippen molar-refractivity contribution in [3.8, 4) is 11.1 Å². The van der Waals surface area contributed by atoms with Gasteiger partial charge in [-0.05, 0) is 36.5 Å². The lowest BCUT2D eigenvalue weighted by atomic mass is 10.0. The van der Waals surface area contributed by atoms with Gasteiger partial charge >= 0.3 is 0 Å². The van der Waals surface area contributed by atoms with Crippen LogP contribution in [0.1, 0.15) is 31.4 Å². The fourth-order valence-corrected chi connectivity index (χ4v) is 2.29. The zero-order valence-electron chi connectivity index (χ0n) is 10.8. The summed E-state index contributed by atoms with van der Waals surface area (Å²) in [4.78, 5) is 0. The number of hydrogen-bond donors (Lipinski definition) is 1. The van der Waals surface area contributed by atoms with Crippen LogP contribution in [0.2, 0.25) is 0 Å². The van der Waals surface area contributed by atoms with E-state index in [4.69, 9.17) is 0 Å². The zero-order chi connectivity index (χ0) is 12.4. The molecule has 1 aliphatic rings. The van der Waals surface area contributed by atoms with Crippen LogP contribution in [-0.2, 0) is 0 Å². The van der Waals surface area contributed by atoms with Crippen LogP contribution in [0.15, 0.2) is 54.6 Å². The van der Waals surface area contributed by atoms with Gasteiger partial charge < -0.3 is 5.32 Å². The Bertz CT molecular complexity index is 497. The predicted octanol–water partition coefficient (Wildman–Crippen LogP) is 4.17. The molecule has 1 atom stereocenters. The van der Waals surface area contributed by atoms with Gasteiger partial charge in [-0.2, -0.15) is 0 Å². The van der Waals surface area contributed by atoms with Crippen LogP contribution in [-0.4, -0.2) is 6.04 Å². The van der Waals surface area contributed by atoms with Crippen LogP contribution >= 0.6 is 0 Å². The largest absolute Gasteiger partial charge is 0.307 e. The van der Waals surface area contributed by atoms with E-state index in [0.29, 0.717) is 6.04 Å². The molecule has 1 unspecified atom stereocenters. The fourth-order valence-electron chi connectivity index (χ4n) is 2.29. The molecule has 1 aliphatic carbocycles. The summed E-state index contributed by atoms with van der Waals surface area (Å²) < 4.78 is 0. The molecular weight excluding hydrogens is 218 g/mol. The van der Waals surface area contributed by atoms with E-state index in [2.05, 4.69) is 66.8 Å². The molecule has 2 aromatic rings. The zero-order valence-corrected chi connectivity index (χ0v) is 10.8. The van der Waals surface area contributed by atoms with E-state index in [0.717, 1.165) is 6.04 Å². The predicted molar refractivity (Wildman–Crippen MR) is 76.5 cm³/mol. The highest BCUT2D eigenvalue weighted by Gasteiger charge is 2.23. The van der Waals surface area contributed by atoms with Crippen molar-refractivity contribution in [1.82, 2.24) is 5.32 Å². The average Bonchev–Trinajstić information content (AvgIpc) is 3.24. The van der Waals surface area contributed by atoms with E-state index < -0.39 is 0 Å². The Morgan fingerprint density at radius 3 is 2.11 bits per heavy atom. The highest BCUT2D eigenvalue weighted by Crippen LogP contribution is 2.25. The molecule has 1 heteroatoms. The van der Waals surface area contributed by atoms with Crippen molar-refractivity contribution in [1.29, 1.82) is 0 Å². The molecular formula is C17H19N. The maximum atomic E-state index is 3.63. The Labute approximate surface area is 109 Å². The van der Waals surface area contributed by atoms with Crippen LogP contribution in [0.25, 0.3) is 11.1 Å². The summed E-state index contributed by atoms with van der Waals surface area (Å²) >= 11 is 0. The SMILES string of the molecule is CC(NC1CC1)c1ccc(-c2ccccc2)cc1. The smallest absolute Gasteiger partial charge is 0.0294 e. The van der Waals surface area contributed by atoms with Gasteiger partial charge in [0.15, 0.2) is 0 Å². The van der Waals surface area contributed by atoms with Gasteiger partial charge in [0.05, 0.1) is 0 Å². The van der Waals surface area contributed by atoms with E-state index >= 15 is 0 Å². The molecule has 0 aromatic heterocycles. The second-order valence-electron chi connectivity index (χ2n) is 5.15. The number of rotatable bonds is 4. The van der Waals surface area contributed by atoms with Gasteiger partial charge in [-0.25, -0.2) is 0 Å². The summed E-state index contributed by atoms with van der Waals surface area (Å²) in [7, 11) is 0. The van der Waals surface area contributed by atoms with Crippen molar-refractivity contribution >= 4 is 0 Å². The molecule has 1 fully saturated rings. The topological polar surface area (TPSA) is 12.0 Å². The summed E-state index contributed by atoms with van der Waals surface area (Å²) in [6.45, 7) is 2.25. The molecule has 0 amide bonds. The highest BCUT2D eigenvalue weighted by atomic mass is 15.0. The van der Waals surface area contributed by atoms with Crippen LogP contribution in [0.5, 0.6) is 0 Å². The molecule has 2 aromatic carbocycles. The van der Waals surface area contributed by atoms with Crippen molar-refractivity contribution in [2.24, 2.45) is 0 Å². The first-order chi connectivity index (χ1) is 8.83. The van der Waals surface area contributed by atoms with Crippen LogP contribution < -0.4 is 5.32 Å². The monoisotopic (exact) mass is 237 g/mol. The molecule has 0 radical (unpaired) electrons. The van der Waals surface area contributed by atoms with E-state index in [1.807, 2.05) is 0 Å². The summed E-state index contributed by atoms with van der Waals surface area (Å²) in [5.74, 6) is 0. The Kier molecular flexibility index (Phi) is 3.16. The van der Waals surface area contributed by atoms with Gasteiger partial charge in [-0.15, -0.1) is 0 Å². The van der Waals surface area contributed by atoms with Gasteiger partial charge in [0.25, 0.3) is 0 Å². The standard InChI is InChI=1S/C17H19N/c1-13(18-17-11-12-17)14-7-9-16(10-8-14)15-5-3-2-4-6-15/h2-10,13,17-18H,11-12H2,1H3. The van der Waals surface area contributed by atoms with Crippen LogP contribution in [0.3, 0.4) is 0 Å². The number of nitrogens with one attached hydrogen (secondary N) is 1. The summed E-state index contributed by atoms with van der Waals surface area (Å²) in [6.07, 6.45) is 2.68. The van der Waals surface area contributed by atoms with Crippen molar-refractivity contribution in [2.45, 2.75) is 31.8 Å². The molecule has 0 saturated heterocycles. The Morgan fingerprint density at radius 1 is 0.889 bits per heavy atom. The van der Waals surface area contributed by atoms with Gasteiger partial charge in [0.1, 0.15) is 0 Å². The molecule has 3 rings (SSSR count). The van der Waals surface area contributed by atoms with Crippen LogP contribution in [0.4, 0.5) is 0 Å². The minimum atomic E-state index is 0.460. The third kappa shape index (κ3) is 2.62. The lowest BCUT2D eigenvalue weighted by Gasteiger charge is -2.14. The Morgan fingerprint density at radius 2 is 1.50 bits per heavy atom. The lowest BCUT2D eigenvalue weighted by Crippen LogP contribution is -2.20. The molecule has 92 valence electrons. The normalized spacial score (nSPS) is 16.5. The Hall–Kier alpha value is -1.60. The molecule has 1 nitrogen and oxygen atoms in total. The maximum Gasteiger partial charge on any atom is 0.0294 e. The third-order valence-electron chi connectivity index (χ3n) is 3.58. The fraction of sp³-hybridized carbons (Fsp3) is 0.294. The highest BCUT2D eigenvalue weighted by molar-refractivity contribution is 5.63. The quantitative estimate of drug-likeness (QED) is 0.841. The summed E-state index contributed by atoms with van der Waals surface area (Å²) in [5, 5.41) is 3.63. The molecule has 0 spiro atoms. The van der Waals surface area contributed by atoms with Crippen molar-refractivity contribution < 1.29 is 0 Å². The van der Waals surface area contributed by atoms with Crippen molar-refractivity contribution in [2.75, 3.05) is 0 Å². The molecule has 1 saturated carbocycles. The van der Waals surface area contributed by atoms with Gasteiger partial charge in [-0.3, -0.25) is 0 Å². The second kappa shape index (κ2) is 4.95. The van der Waals surface area contributed by atoms with Crippen molar-refractivity contribution in [3.05, 3.63) is 60.2 Å². The van der Waals surface area contributed by atoms with Crippen molar-refractivity contribution in [3.63, 3.8) is 0 Å². The minimum absolute atomic E-state index is 0.460. The van der Waals surface area contributed by atoms with E-state index in [1.54, 1.807) is 0 Å². The first-order valence-corrected chi connectivity index (χ1v) is 6.74. The number of hydrogen-bond acceptors (Lipinski definition) is 1. The average molecular weight is 237 g/mol. The first kappa shape index (κ1) is 11.5. The van der Waals surface area contributed by atoms with Crippen LogP contribution in [0, 0.1) is 0 Å². The third-order valence-corrected chi connectivity index (χ3v) is 3.58. The van der Waals surface area contributed by atoms with E-state index in [-0.39, 0.29) is 0 Å². The maximum absolute atomic E-state index is 3.63. The molecule has 0 aliphatic heterocycles. The van der Waals surface area contributed by atoms with Gasteiger partial charge in [0, 0.05) is 12.1 Å².